The minimum Gasteiger partial charge on any atom is -0.495 e. The van der Waals surface area contributed by atoms with Crippen LogP contribution in [0.3, 0.4) is 0 Å². The predicted octanol–water partition coefficient (Wildman–Crippen LogP) is 1.18. The number of ether oxygens (including phenoxy) is 1. The van der Waals surface area contributed by atoms with Gasteiger partial charge in [0.25, 0.3) is 0 Å². The van der Waals surface area contributed by atoms with E-state index >= 15 is 0 Å². The Balaban J connectivity index is 2.28. The Morgan fingerprint density at radius 2 is 2.04 bits per heavy atom. The summed E-state index contributed by atoms with van der Waals surface area (Å²) in [4.78, 5) is 14.2. The zero-order valence-electron chi connectivity index (χ0n) is 14.5. The second-order valence-electron chi connectivity index (χ2n) is 5.76. The third kappa shape index (κ3) is 4.84. The summed E-state index contributed by atoms with van der Waals surface area (Å²) in [7, 11) is -2.50. The number of nitrogens with zero attached hydrogens (tertiary/aromatic N) is 2. The maximum atomic E-state index is 13.1. The Kier molecular flexibility index (Phi) is 7.06. The second kappa shape index (κ2) is 8.84. The van der Waals surface area contributed by atoms with Crippen LogP contribution in [0.2, 0.25) is 5.02 Å². The minimum atomic E-state index is -3.90. The molecule has 9 heteroatoms. The molecule has 1 saturated heterocycles. The summed E-state index contributed by atoms with van der Waals surface area (Å²) < 4.78 is 32.5. The molecule has 1 heterocycles. The Hall–Kier alpha value is -1.35. The highest BCUT2D eigenvalue weighted by molar-refractivity contribution is 7.89. The number of nitrogens with one attached hydrogen (secondary N) is 1. The van der Waals surface area contributed by atoms with E-state index in [-0.39, 0.29) is 29.6 Å². The van der Waals surface area contributed by atoms with E-state index in [2.05, 4.69) is 5.32 Å². The lowest BCUT2D eigenvalue weighted by atomic mass is 10.3. The van der Waals surface area contributed by atoms with Crippen molar-refractivity contribution < 1.29 is 17.9 Å². The van der Waals surface area contributed by atoms with Crippen molar-refractivity contribution in [3.8, 4) is 5.75 Å². The highest BCUT2D eigenvalue weighted by Gasteiger charge is 2.30. The molecule has 0 radical (unpaired) electrons. The Labute approximate surface area is 153 Å². The van der Waals surface area contributed by atoms with Gasteiger partial charge in [-0.25, -0.2) is 8.42 Å². The molecule has 1 amide bonds. The fourth-order valence-electron chi connectivity index (χ4n) is 2.69. The Morgan fingerprint density at radius 1 is 1.36 bits per heavy atom. The molecule has 2 rings (SSSR count). The molecule has 140 valence electrons. The summed E-state index contributed by atoms with van der Waals surface area (Å²) >= 11 is 5.97. The number of sulfonamides is 1. The largest absolute Gasteiger partial charge is 0.495 e. The van der Waals surface area contributed by atoms with Gasteiger partial charge < -0.3 is 15.0 Å². The molecule has 1 aromatic rings. The third-order valence-corrected chi connectivity index (χ3v) is 6.10. The minimum absolute atomic E-state index is 0.0240. The number of rotatable bonds is 7. The first kappa shape index (κ1) is 20.0. The topological polar surface area (TPSA) is 79.0 Å². The highest BCUT2D eigenvalue weighted by Crippen LogP contribution is 2.29. The van der Waals surface area contributed by atoms with Gasteiger partial charge in [-0.05, 0) is 24.6 Å². The lowest BCUT2D eigenvalue weighted by Crippen LogP contribution is -2.50. The fraction of sp³-hybridized carbons (Fsp3) is 0.562. The van der Waals surface area contributed by atoms with Gasteiger partial charge in [0.15, 0.2) is 0 Å². The van der Waals surface area contributed by atoms with Crippen LogP contribution in [0, 0.1) is 0 Å². The number of hydrogen-bond donors (Lipinski definition) is 1. The molecule has 1 aliphatic heterocycles. The predicted molar refractivity (Wildman–Crippen MR) is 96.5 cm³/mol. The molecule has 0 spiro atoms. The van der Waals surface area contributed by atoms with Crippen molar-refractivity contribution in [2.24, 2.45) is 0 Å². The first-order valence-electron chi connectivity index (χ1n) is 8.22. The molecule has 1 aliphatic rings. The average molecular weight is 390 g/mol. The molecule has 0 aromatic heterocycles. The zero-order chi connectivity index (χ0) is 18.4. The molecule has 0 aliphatic carbocycles. The number of halogens is 1. The van der Waals surface area contributed by atoms with Gasteiger partial charge in [0.2, 0.25) is 15.9 Å². The summed E-state index contributed by atoms with van der Waals surface area (Å²) in [5.41, 5.74) is 0. The van der Waals surface area contributed by atoms with Gasteiger partial charge in [-0.15, -0.1) is 0 Å². The van der Waals surface area contributed by atoms with Crippen molar-refractivity contribution in [3.05, 3.63) is 23.2 Å². The van der Waals surface area contributed by atoms with Gasteiger partial charge in [0.05, 0.1) is 13.7 Å². The van der Waals surface area contributed by atoms with E-state index in [9.17, 15) is 13.2 Å². The molecule has 0 atom stereocenters. The molecule has 1 N–H and O–H groups in total. The summed E-state index contributed by atoms with van der Waals surface area (Å²) in [6, 6.07) is 4.43. The summed E-state index contributed by atoms with van der Waals surface area (Å²) in [6.45, 7) is 4.52. The van der Waals surface area contributed by atoms with Crippen molar-refractivity contribution >= 4 is 27.5 Å². The van der Waals surface area contributed by atoms with Crippen LogP contribution in [0.25, 0.3) is 0 Å². The van der Waals surface area contributed by atoms with Crippen molar-refractivity contribution in [2.45, 2.75) is 18.2 Å². The van der Waals surface area contributed by atoms with Crippen LogP contribution in [0.5, 0.6) is 5.75 Å². The second-order valence-corrected chi connectivity index (χ2v) is 8.11. The van der Waals surface area contributed by atoms with E-state index in [1.807, 2.05) is 6.92 Å². The monoisotopic (exact) mass is 389 g/mol. The van der Waals surface area contributed by atoms with E-state index < -0.39 is 10.0 Å². The van der Waals surface area contributed by atoms with Gasteiger partial charge >= 0.3 is 0 Å². The van der Waals surface area contributed by atoms with Gasteiger partial charge in [-0.1, -0.05) is 18.5 Å². The molecule has 0 saturated carbocycles. The fourth-order valence-corrected chi connectivity index (χ4v) is 4.59. The van der Waals surface area contributed by atoms with Crippen LogP contribution in [0.4, 0.5) is 0 Å². The van der Waals surface area contributed by atoms with Gasteiger partial charge in [-0.2, -0.15) is 4.31 Å². The molecule has 0 bridgehead atoms. The number of carbonyl (C=O) groups excluding carboxylic acids is 1. The van der Waals surface area contributed by atoms with Crippen LogP contribution in [-0.4, -0.2) is 69.9 Å². The first-order chi connectivity index (χ1) is 11.9. The van der Waals surface area contributed by atoms with Crippen LogP contribution in [0.1, 0.15) is 13.3 Å². The summed E-state index contributed by atoms with van der Waals surface area (Å²) in [6.07, 6.45) is 0.594. The lowest BCUT2D eigenvalue weighted by molar-refractivity contribution is -0.131. The first-order valence-corrected chi connectivity index (χ1v) is 10.0. The molecular formula is C16H24ClN3O4S. The summed E-state index contributed by atoms with van der Waals surface area (Å²) in [5, 5.41) is 3.46. The number of carbonyl (C=O) groups is 1. The smallest absolute Gasteiger partial charge is 0.247 e. The number of benzene rings is 1. The van der Waals surface area contributed by atoms with Crippen LogP contribution in [-0.2, 0) is 14.8 Å². The Morgan fingerprint density at radius 3 is 2.64 bits per heavy atom. The quantitative estimate of drug-likeness (QED) is 0.757. The molecular weight excluding hydrogens is 366 g/mol. The number of methoxy groups -OCH3 is 1. The van der Waals surface area contributed by atoms with E-state index in [1.165, 1.54) is 23.5 Å². The van der Waals surface area contributed by atoms with E-state index in [4.69, 9.17) is 16.3 Å². The van der Waals surface area contributed by atoms with Crippen LogP contribution >= 0.6 is 11.6 Å². The van der Waals surface area contributed by atoms with E-state index in [0.29, 0.717) is 37.6 Å². The standard InChI is InChI=1S/C16H24ClN3O4S/c1-3-8-20(12-16(21)19-9-6-18-7-10-19)25(22,23)15-11-13(17)4-5-14(15)24-2/h4-5,11,18H,3,6-10,12H2,1-2H3. The van der Waals surface area contributed by atoms with Gasteiger partial charge in [0.1, 0.15) is 10.6 Å². The number of piperazine rings is 1. The molecule has 25 heavy (non-hydrogen) atoms. The Bertz CT molecular complexity index is 705. The lowest BCUT2D eigenvalue weighted by Gasteiger charge is -2.30. The maximum Gasteiger partial charge on any atom is 0.247 e. The van der Waals surface area contributed by atoms with Crippen molar-refractivity contribution in [3.63, 3.8) is 0 Å². The number of hydrogen-bond acceptors (Lipinski definition) is 5. The third-order valence-electron chi connectivity index (χ3n) is 4.00. The summed E-state index contributed by atoms with van der Waals surface area (Å²) in [5.74, 6) is 0.0136. The SMILES string of the molecule is CCCN(CC(=O)N1CCNCC1)S(=O)(=O)c1cc(Cl)ccc1OC. The van der Waals surface area contributed by atoms with Crippen molar-refractivity contribution in [2.75, 3.05) is 46.4 Å². The normalized spacial score (nSPS) is 15.4. The zero-order valence-corrected chi connectivity index (χ0v) is 16.1. The van der Waals surface area contributed by atoms with E-state index in [0.717, 1.165) is 0 Å². The van der Waals surface area contributed by atoms with Crippen LogP contribution < -0.4 is 10.1 Å². The van der Waals surface area contributed by atoms with Gasteiger partial charge in [-0.3, -0.25) is 4.79 Å². The van der Waals surface area contributed by atoms with Crippen molar-refractivity contribution in [1.82, 2.24) is 14.5 Å². The van der Waals surface area contributed by atoms with Gasteiger partial charge in [0, 0.05) is 37.7 Å². The van der Waals surface area contributed by atoms with E-state index in [1.54, 1.807) is 11.0 Å². The number of amides is 1. The molecule has 1 fully saturated rings. The maximum absolute atomic E-state index is 13.1. The highest BCUT2D eigenvalue weighted by atomic mass is 35.5. The molecule has 1 aromatic carbocycles. The average Bonchev–Trinajstić information content (AvgIpc) is 2.62. The van der Waals surface area contributed by atoms with Crippen molar-refractivity contribution in [1.29, 1.82) is 0 Å². The molecule has 0 unspecified atom stereocenters. The van der Waals surface area contributed by atoms with Crippen LogP contribution in [0.15, 0.2) is 23.1 Å². The molecule has 7 nitrogen and oxygen atoms in total.